The van der Waals surface area contributed by atoms with Crippen LogP contribution < -0.4 is 4.74 Å². The molecule has 0 aliphatic heterocycles. The van der Waals surface area contributed by atoms with E-state index in [1.54, 1.807) is 32.9 Å². The van der Waals surface area contributed by atoms with Crippen LogP contribution in [0.25, 0.3) is 0 Å². The summed E-state index contributed by atoms with van der Waals surface area (Å²) in [5, 5.41) is 9.02. The number of aromatic nitrogens is 2. The summed E-state index contributed by atoms with van der Waals surface area (Å²) in [5.41, 5.74) is -0.418. The molecule has 0 radical (unpaired) electrons. The van der Waals surface area contributed by atoms with E-state index in [0.29, 0.717) is 16.0 Å². The number of hydrogen-bond acceptors (Lipinski definition) is 5. The van der Waals surface area contributed by atoms with E-state index in [4.69, 9.17) is 14.7 Å². The number of pyridine rings is 1. The fourth-order valence-corrected chi connectivity index (χ4v) is 1.89. The second kappa shape index (κ2) is 6.20. The molecule has 22 heavy (non-hydrogen) atoms. The van der Waals surface area contributed by atoms with Crippen molar-refractivity contribution in [1.82, 2.24) is 9.55 Å². The zero-order valence-corrected chi connectivity index (χ0v) is 13.9. The fourth-order valence-electron chi connectivity index (χ4n) is 1.57. The van der Waals surface area contributed by atoms with Crippen LogP contribution in [-0.2, 0) is 4.74 Å². The van der Waals surface area contributed by atoms with Gasteiger partial charge in [-0.3, -0.25) is 4.57 Å². The van der Waals surface area contributed by atoms with E-state index in [9.17, 15) is 4.79 Å². The Balaban J connectivity index is 2.18. The molecule has 0 unspecified atom stereocenters. The van der Waals surface area contributed by atoms with Crippen LogP contribution in [0.15, 0.2) is 35.2 Å². The van der Waals surface area contributed by atoms with Gasteiger partial charge in [0.05, 0.1) is 6.20 Å². The minimum absolute atomic E-state index is 0.160. The molecule has 2 rings (SSSR count). The minimum Gasteiger partial charge on any atom is -0.453 e. The summed E-state index contributed by atoms with van der Waals surface area (Å²) in [6, 6.07) is 5.19. The number of carbonyl (C=O) groups excluding carboxylic acids is 1. The lowest BCUT2D eigenvalue weighted by atomic mass is 10.2. The fraction of sp³-hybridized carbons (Fsp3) is 0.267. The van der Waals surface area contributed by atoms with Gasteiger partial charge in [-0.25, -0.2) is 9.78 Å². The van der Waals surface area contributed by atoms with Gasteiger partial charge in [0.2, 0.25) is 0 Å². The second-order valence-electron chi connectivity index (χ2n) is 5.45. The summed E-state index contributed by atoms with van der Waals surface area (Å²) in [7, 11) is 0. The van der Waals surface area contributed by atoms with Crippen LogP contribution in [0, 0.1) is 11.3 Å². The van der Waals surface area contributed by atoms with Gasteiger partial charge in [-0.15, -0.1) is 0 Å². The first-order chi connectivity index (χ1) is 10.3. The zero-order chi connectivity index (χ0) is 16.3. The van der Waals surface area contributed by atoms with Gasteiger partial charge in [0.1, 0.15) is 17.4 Å². The number of ether oxygens (including phenoxy) is 2. The Kier molecular flexibility index (Phi) is 4.52. The van der Waals surface area contributed by atoms with Gasteiger partial charge in [0.25, 0.3) is 0 Å². The van der Waals surface area contributed by atoms with E-state index in [-0.39, 0.29) is 5.69 Å². The topological polar surface area (TPSA) is 77.1 Å². The molecular formula is C15H14BrN3O3. The Morgan fingerprint density at radius 1 is 1.45 bits per heavy atom. The van der Waals surface area contributed by atoms with Crippen molar-refractivity contribution in [3.63, 3.8) is 0 Å². The summed E-state index contributed by atoms with van der Waals surface area (Å²) in [5.74, 6) is 0.709. The molecule has 0 fully saturated rings. The standard InChI is InChI=1S/C15H14BrN3O3/c1-15(2,3)22-14(20)19-5-4-11(9-19)21-13-6-10(16)8-18-12(13)7-17/h4-6,8-9H,1-3H3. The Bertz CT molecular complexity index is 741. The average Bonchev–Trinajstić information content (AvgIpc) is 2.86. The number of hydrogen-bond donors (Lipinski definition) is 0. The minimum atomic E-state index is -0.579. The summed E-state index contributed by atoms with van der Waals surface area (Å²) in [6.45, 7) is 5.37. The lowest BCUT2D eigenvalue weighted by molar-refractivity contribution is 0.0537. The first-order valence-corrected chi connectivity index (χ1v) is 7.22. The molecule has 0 atom stereocenters. The molecule has 0 bridgehead atoms. The van der Waals surface area contributed by atoms with Crippen LogP contribution in [0.4, 0.5) is 4.79 Å². The van der Waals surface area contributed by atoms with E-state index >= 15 is 0 Å². The van der Waals surface area contributed by atoms with Crippen molar-refractivity contribution < 1.29 is 14.3 Å². The van der Waals surface area contributed by atoms with Crippen LogP contribution in [0.2, 0.25) is 0 Å². The van der Waals surface area contributed by atoms with Gasteiger partial charge in [-0.2, -0.15) is 5.26 Å². The Morgan fingerprint density at radius 3 is 2.82 bits per heavy atom. The van der Waals surface area contributed by atoms with E-state index < -0.39 is 11.7 Å². The predicted octanol–water partition coefficient (Wildman–Crippen LogP) is 4.09. The molecule has 0 spiro atoms. The Morgan fingerprint density at radius 2 is 2.18 bits per heavy atom. The second-order valence-corrected chi connectivity index (χ2v) is 6.36. The summed E-state index contributed by atoms with van der Waals surface area (Å²) < 4.78 is 12.8. The lowest BCUT2D eigenvalue weighted by Gasteiger charge is -2.19. The molecule has 6 nitrogen and oxygen atoms in total. The van der Waals surface area contributed by atoms with Crippen molar-refractivity contribution in [3.05, 3.63) is 40.9 Å². The number of nitriles is 1. The Hall–Kier alpha value is -2.33. The van der Waals surface area contributed by atoms with Crippen LogP contribution in [0.3, 0.4) is 0 Å². The van der Waals surface area contributed by atoms with E-state index in [0.717, 1.165) is 0 Å². The van der Waals surface area contributed by atoms with Crippen LogP contribution >= 0.6 is 15.9 Å². The summed E-state index contributed by atoms with van der Waals surface area (Å²) >= 11 is 3.27. The third-order valence-electron chi connectivity index (χ3n) is 2.42. The highest BCUT2D eigenvalue weighted by atomic mass is 79.9. The maximum atomic E-state index is 11.9. The first-order valence-electron chi connectivity index (χ1n) is 6.43. The first kappa shape index (κ1) is 16.0. The lowest BCUT2D eigenvalue weighted by Crippen LogP contribution is -2.26. The van der Waals surface area contributed by atoms with Gasteiger partial charge in [-0.05, 0) is 48.8 Å². The van der Waals surface area contributed by atoms with E-state index in [1.807, 2.05) is 6.07 Å². The SMILES string of the molecule is CC(C)(C)OC(=O)n1ccc(Oc2cc(Br)cnc2C#N)c1. The van der Waals surface area contributed by atoms with Crippen LogP contribution in [0.5, 0.6) is 11.5 Å². The van der Waals surface area contributed by atoms with Crippen LogP contribution in [-0.4, -0.2) is 21.2 Å². The zero-order valence-electron chi connectivity index (χ0n) is 12.3. The maximum Gasteiger partial charge on any atom is 0.418 e. The third-order valence-corrected chi connectivity index (χ3v) is 2.86. The molecule has 2 aromatic heterocycles. The summed E-state index contributed by atoms with van der Waals surface area (Å²) in [6.07, 6.45) is 4.02. The number of rotatable bonds is 2. The van der Waals surface area contributed by atoms with Crippen molar-refractivity contribution in [2.75, 3.05) is 0 Å². The average molecular weight is 364 g/mol. The third kappa shape index (κ3) is 4.09. The van der Waals surface area contributed by atoms with Crippen molar-refractivity contribution in [2.24, 2.45) is 0 Å². The molecule has 0 saturated carbocycles. The highest BCUT2D eigenvalue weighted by Gasteiger charge is 2.18. The molecule has 114 valence electrons. The number of nitrogens with zero attached hydrogens (tertiary/aromatic N) is 3. The van der Waals surface area contributed by atoms with Crippen molar-refractivity contribution in [1.29, 1.82) is 5.26 Å². The maximum absolute atomic E-state index is 11.9. The highest BCUT2D eigenvalue weighted by molar-refractivity contribution is 9.10. The van der Waals surface area contributed by atoms with Crippen molar-refractivity contribution in [3.8, 4) is 17.6 Å². The van der Waals surface area contributed by atoms with Crippen molar-refractivity contribution >= 4 is 22.0 Å². The molecule has 0 aliphatic carbocycles. The van der Waals surface area contributed by atoms with Gasteiger partial charge in [0, 0.05) is 16.9 Å². The molecule has 7 heteroatoms. The molecule has 2 aromatic rings. The molecule has 0 aromatic carbocycles. The largest absolute Gasteiger partial charge is 0.453 e. The molecule has 0 aliphatic rings. The van der Waals surface area contributed by atoms with Gasteiger partial charge in [0.15, 0.2) is 11.4 Å². The molecule has 2 heterocycles. The number of carbonyl (C=O) groups is 1. The molecule has 0 saturated heterocycles. The normalized spacial score (nSPS) is 10.9. The van der Waals surface area contributed by atoms with Gasteiger partial charge < -0.3 is 9.47 Å². The Labute approximate surface area is 136 Å². The highest BCUT2D eigenvalue weighted by Crippen LogP contribution is 2.27. The van der Waals surface area contributed by atoms with Gasteiger partial charge >= 0.3 is 6.09 Å². The molecular weight excluding hydrogens is 350 g/mol. The quantitative estimate of drug-likeness (QED) is 0.802. The van der Waals surface area contributed by atoms with Crippen LogP contribution in [0.1, 0.15) is 26.5 Å². The van der Waals surface area contributed by atoms with Crippen molar-refractivity contribution in [2.45, 2.75) is 26.4 Å². The molecule has 0 N–H and O–H groups in total. The smallest absolute Gasteiger partial charge is 0.418 e. The van der Waals surface area contributed by atoms with E-state index in [2.05, 4.69) is 20.9 Å². The van der Waals surface area contributed by atoms with E-state index in [1.165, 1.54) is 23.2 Å². The number of halogens is 1. The summed E-state index contributed by atoms with van der Waals surface area (Å²) in [4.78, 5) is 15.9. The predicted molar refractivity (Wildman–Crippen MR) is 82.8 cm³/mol. The van der Waals surface area contributed by atoms with Gasteiger partial charge in [-0.1, -0.05) is 0 Å². The molecule has 0 amide bonds. The monoisotopic (exact) mass is 363 g/mol.